The number of hydrogen-bond acceptors (Lipinski definition) is 2. The molecule has 0 atom stereocenters. The van der Waals surface area contributed by atoms with Crippen LogP contribution in [0.5, 0.6) is 0 Å². The molecule has 0 aliphatic carbocycles. The Morgan fingerprint density at radius 3 is 2.50 bits per heavy atom. The molecule has 0 aliphatic rings. The van der Waals surface area contributed by atoms with Gasteiger partial charge in [0.25, 0.3) is 0 Å². The molecule has 0 fully saturated rings. The lowest BCUT2D eigenvalue weighted by molar-refractivity contribution is -0.113. The summed E-state index contributed by atoms with van der Waals surface area (Å²) in [6.07, 6.45) is 0. The molecule has 2 rings (SSSR count). The Labute approximate surface area is 135 Å². The van der Waals surface area contributed by atoms with E-state index < -0.39 is 0 Å². The Morgan fingerprint density at radius 1 is 1.18 bits per heavy atom. The van der Waals surface area contributed by atoms with Crippen LogP contribution in [0.3, 0.4) is 0 Å². The average Bonchev–Trinajstić information content (AvgIpc) is 2.48. The molecule has 1 amide bonds. The van der Waals surface area contributed by atoms with Gasteiger partial charge >= 0.3 is 0 Å². The van der Waals surface area contributed by atoms with Crippen molar-refractivity contribution in [1.29, 1.82) is 0 Å². The van der Waals surface area contributed by atoms with Crippen LogP contribution in [-0.4, -0.2) is 11.7 Å². The number of nitrogens with one attached hydrogen (secondary N) is 1. The highest BCUT2D eigenvalue weighted by molar-refractivity contribution is 8.00. The molecule has 0 heterocycles. The van der Waals surface area contributed by atoms with Gasteiger partial charge in [-0.2, -0.15) is 0 Å². The first-order valence-electron chi connectivity index (χ1n) is 7.25. The quantitative estimate of drug-likeness (QED) is 0.787. The maximum absolute atomic E-state index is 12.8. The summed E-state index contributed by atoms with van der Waals surface area (Å²) in [6, 6.07) is 12.2. The van der Waals surface area contributed by atoms with E-state index in [1.54, 1.807) is 12.1 Å². The van der Waals surface area contributed by atoms with Gasteiger partial charge in [0, 0.05) is 10.6 Å². The fourth-order valence-corrected chi connectivity index (χ4v) is 2.90. The van der Waals surface area contributed by atoms with Crippen LogP contribution < -0.4 is 5.32 Å². The minimum atomic E-state index is -0.268. The number of halogens is 1. The zero-order valence-corrected chi connectivity index (χ0v) is 13.8. The van der Waals surface area contributed by atoms with Gasteiger partial charge in [-0.15, -0.1) is 11.8 Å². The summed E-state index contributed by atoms with van der Waals surface area (Å²) in [5.41, 5.74) is 3.11. The third-order valence-electron chi connectivity index (χ3n) is 3.38. The number of anilines is 1. The maximum atomic E-state index is 12.8. The number of aryl methyl sites for hydroxylation is 1. The van der Waals surface area contributed by atoms with Crippen molar-refractivity contribution in [2.75, 3.05) is 11.1 Å². The van der Waals surface area contributed by atoms with Crippen molar-refractivity contribution >= 4 is 23.4 Å². The summed E-state index contributed by atoms with van der Waals surface area (Å²) in [5.74, 6) is 0.332. The molecule has 0 saturated carbocycles. The number of hydrogen-bond donors (Lipinski definition) is 1. The van der Waals surface area contributed by atoms with Crippen LogP contribution in [0.2, 0.25) is 0 Å². The van der Waals surface area contributed by atoms with Crippen LogP contribution in [0.1, 0.15) is 30.9 Å². The highest BCUT2D eigenvalue weighted by Gasteiger charge is 2.12. The first kappa shape index (κ1) is 16.6. The second-order valence-corrected chi connectivity index (χ2v) is 6.53. The van der Waals surface area contributed by atoms with Crippen LogP contribution in [0.4, 0.5) is 10.1 Å². The largest absolute Gasteiger partial charge is 0.325 e. The Kier molecular flexibility index (Phi) is 5.61. The van der Waals surface area contributed by atoms with E-state index in [4.69, 9.17) is 0 Å². The van der Waals surface area contributed by atoms with Gasteiger partial charge in [-0.25, -0.2) is 4.39 Å². The van der Waals surface area contributed by atoms with Crippen molar-refractivity contribution in [1.82, 2.24) is 0 Å². The minimum absolute atomic E-state index is 0.0504. The molecule has 0 saturated heterocycles. The summed E-state index contributed by atoms with van der Waals surface area (Å²) >= 11 is 1.40. The number of thioether (sulfide) groups is 1. The molecule has 116 valence electrons. The van der Waals surface area contributed by atoms with Crippen LogP contribution >= 0.6 is 11.8 Å². The van der Waals surface area contributed by atoms with Gasteiger partial charge in [-0.05, 0) is 48.2 Å². The molecule has 0 unspecified atom stereocenters. The molecule has 22 heavy (non-hydrogen) atoms. The summed E-state index contributed by atoms with van der Waals surface area (Å²) in [7, 11) is 0. The van der Waals surface area contributed by atoms with Crippen molar-refractivity contribution in [2.45, 2.75) is 31.6 Å². The standard InChI is InChI=1S/C18H20FNOS/c1-12(2)16-6-4-5-13(3)18(16)20-17(21)11-22-15-9-7-14(19)8-10-15/h4-10,12H,11H2,1-3H3,(H,20,21). The Balaban J connectivity index is 2.02. The molecular weight excluding hydrogens is 297 g/mol. The molecular formula is C18H20FNOS. The summed E-state index contributed by atoms with van der Waals surface area (Å²) in [5, 5.41) is 3.01. The molecule has 0 aromatic heterocycles. The van der Waals surface area contributed by atoms with E-state index in [0.29, 0.717) is 11.7 Å². The SMILES string of the molecule is Cc1cccc(C(C)C)c1NC(=O)CSc1ccc(F)cc1. The Hall–Kier alpha value is -1.81. The van der Waals surface area contributed by atoms with E-state index in [1.807, 2.05) is 25.1 Å². The second-order valence-electron chi connectivity index (χ2n) is 5.48. The number of carbonyl (C=O) groups is 1. The monoisotopic (exact) mass is 317 g/mol. The third kappa shape index (κ3) is 4.34. The number of benzene rings is 2. The number of rotatable bonds is 5. The van der Waals surface area contributed by atoms with Gasteiger partial charge in [0.05, 0.1) is 5.75 Å². The molecule has 2 aromatic rings. The van der Waals surface area contributed by atoms with Crippen molar-refractivity contribution in [2.24, 2.45) is 0 Å². The van der Waals surface area contributed by atoms with Gasteiger partial charge in [0.15, 0.2) is 0 Å². The predicted molar refractivity (Wildman–Crippen MR) is 91.0 cm³/mol. The summed E-state index contributed by atoms with van der Waals surface area (Å²) in [4.78, 5) is 13.1. The van der Waals surface area contributed by atoms with Crippen LogP contribution in [-0.2, 0) is 4.79 Å². The lowest BCUT2D eigenvalue weighted by Crippen LogP contribution is -2.16. The lowest BCUT2D eigenvalue weighted by Gasteiger charge is -2.16. The molecule has 4 heteroatoms. The zero-order valence-electron chi connectivity index (χ0n) is 13.0. The minimum Gasteiger partial charge on any atom is -0.325 e. The van der Waals surface area contributed by atoms with E-state index in [9.17, 15) is 9.18 Å². The van der Waals surface area contributed by atoms with Crippen LogP contribution in [0, 0.1) is 12.7 Å². The van der Waals surface area contributed by atoms with E-state index in [0.717, 1.165) is 21.7 Å². The molecule has 0 bridgehead atoms. The first-order valence-corrected chi connectivity index (χ1v) is 8.23. The first-order chi connectivity index (χ1) is 10.5. The highest BCUT2D eigenvalue weighted by atomic mass is 32.2. The molecule has 0 radical (unpaired) electrons. The third-order valence-corrected chi connectivity index (χ3v) is 4.39. The average molecular weight is 317 g/mol. The zero-order chi connectivity index (χ0) is 16.1. The van der Waals surface area contributed by atoms with Gasteiger partial charge < -0.3 is 5.32 Å². The molecule has 2 aromatic carbocycles. The smallest absolute Gasteiger partial charge is 0.234 e. The number of carbonyl (C=O) groups excluding carboxylic acids is 1. The maximum Gasteiger partial charge on any atom is 0.234 e. The Morgan fingerprint density at radius 2 is 1.86 bits per heavy atom. The molecule has 0 aliphatic heterocycles. The van der Waals surface area contributed by atoms with Crippen LogP contribution in [0.25, 0.3) is 0 Å². The van der Waals surface area contributed by atoms with Crippen molar-refractivity contribution in [3.63, 3.8) is 0 Å². The fraction of sp³-hybridized carbons (Fsp3) is 0.278. The molecule has 2 nitrogen and oxygen atoms in total. The molecule has 0 spiro atoms. The van der Waals surface area contributed by atoms with E-state index in [2.05, 4.69) is 19.2 Å². The van der Waals surface area contributed by atoms with Crippen molar-refractivity contribution in [3.8, 4) is 0 Å². The van der Waals surface area contributed by atoms with Crippen LogP contribution in [0.15, 0.2) is 47.4 Å². The van der Waals surface area contributed by atoms with E-state index >= 15 is 0 Å². The van der Waals surface area contributed by atoms with Gasteiger partial charge in [0.2, 0.25) is 5.91 Å². The highest BCUT2D eigenvalue weighted by Crippen LogP contribution is 2.28. The van der Waals surface area contributed by atoms with Gasteiger partial charge in [-0.3, -0.25) is 4.79 Å². The van der Waals surface area contributed by atoms with E-state index in [1.165, 1.54) is 23.9 Å². The normalized spacial score (nSPS) is 10.8. The van der Waals surface area contributed by atoms with Crippen molar-refractivity contribution in [3.05, 3.63) is 59.4 Å². The Bertz CT molecular complexity index is 653. The summed E-state index contributed by atoms with van der Waals surface area (Å²) in [6.45, 7) is 6.21. The fourth-order valence-electron chi connectivity index (χ4n) is 2.20. The lowest BCUT2D eigenvalue weighted by atomic mass is 9.98. The molecule has 1 N–H and O–H groups in total. The second kappa shape index (κ2) is 7.45. The van der Waals surface area contributed by atoms with Gasteiger partial charge in [0.1, 0.15) is 5.82 Å². The van der Waals surface area contributed by atoms with E-state index in [-0.39, 0.29) is 11.7 Å². The number of para-hydroxylation sites is 1. The number of amides is 1. The topological polar surface area (TPSA) is 29.1 Å². The van der Waals surface area contributed by atoms with Crippen molar-refractivity contribution < 1.29 is 9.18 Å². The predicted octanol–water partition coefficient (Wildman–Crippen LogP) is 4.99. The summed E-state index contributed by atoms with van der Waals surface area (Å²) < 4.78 is 12.8. The van der Waals surface area contributed by atoms with Gasteiger partial charge in [-0.1, -0.05) is 32.0 Å².